The van der Waals surface area contributed by atoms with Crippen LogP contribution in [0.2, 0.25) is 0 Å². The third-order valence-corrected chi connectivity index (χ3v) is 11.0. The first-order valence-electron chi connectivity index (χ1n) is 22.9. The fourth-order valence-electron chi connectivity index (χ4n) is 6.03. The lowest BCUT2D eigenvalue weighted by molar-refractivity contribution is 0.106. The first-order chi connectivity index (χ1) is 31.9. The maximum Gasteiger partial charge on any atom is 0.231 e. The van der Waals surface area contributed by atoms with Gasteiger partial charge in [-0.2, -0.15) is 0 Å². The summed E-state index contributed by atoms with van der Waals surface area (Å²) in [6.07, 6.45) is 13.0. The van der Waals surface area contributed by atoms with Crippen LogP contribution < -0.4 is 37.9 Å². The molecular weight excluding hydrogens is 865 g/mol. The molecule has 4 aliphatic heterocycles. The normalized spacial score (nSPS) is 16.5. The maximum absolute atomic E-state index is 9.90. The number of rotatable bonds is 8. The SMILES string of the molecule is CC(C)(C)[C@@H](O)/C=C/c1ccc2c(c1)OCO2.CC(C)(C)[C@@H](O)/C=C\c1ccc2c(c1)OCO2.CC(C)(C)[C@H](O)/C=C/c1ccc2c(c1)OCO2.CC(C)(C)[C@H](O)/C=C\c1ccc2c(c1)OCO2. The quantitative estimate of drug-likeness (QED) is 0.133. The molecule has 4 aromatic carbocycles. The Labute approximate surface area is 403 Å². The van der Waals surface area contributed by atoms with E-state index >= 15 is 0 Å². The molecule has 0 saturated heterocycles. The van der Waals surface area contributed by atoms with Crippen molar-refractivity contribution in [3.05, 3.63) is 119 Å². The molecule has 0 saturated carbocycles. The predicted molar refractivity (Wildman–Crippen MR) is 268 cm³/mol. The van der Waals surface area contributed by atoms with Crippen molar-refractivity contribution in [1.29, 1.82) is 0 Å². The lowest BCUT2D eigenvalue weighted by Crippen LogP contribution is -2.23. The summed E-state index contributed by atoms with van der Waals surface area (Å²) >= 11 is 0. The van der Waals surface area contributed by atoms with Crippen molar-refractivity contribution < 1.29 is 58.3 Å². The number of benzene rings is 4. The smallest absolute Gasteiger partial charge is 0.231 e. The molecule has 4 atom stereocenters. The van der Waals surface area contributed by atoms with Crippen molar-refractivity contribution in [2.75, 3.05) is 27.2 Å². The van der Waals surface area contributed by atoms with Crippen LogP contribution in [0.1, 0.15) is 105 Å². The van der Waals surface area contributed by atoms with Crippen LogP contribution in [0.25, 0.3) is 24.3 Å². The summed E-state index contributed by atoms with van der Waals surface area (Å²) in [5, 5.41) is 39.6. The minimum atomic E-state index is -0.465. The van der Waals surface area contributed by atoms with Gasteiger partial charge in [-0.1, -0.05) is 156 Å². The van der Waals surface area contributed by atoms with Crippen LogP contribution in [0.15, 0.2) is 97.1 Å². The highest BCUT2D eigenvalue weighted by Gasteiger charge is 2.23. The van der Waals surface area contributed by atoms with Crippen LogP contribution in [0.3, 0.4) is 0 Å². The van der Waals surface area contributed by atoms with Crippen molar-refractivity contribution in [1.82, 2.24) is 0 Å². The summed E-state index contributed by atoms with van der Waals surface area (Å²) in [5.74, 6) is 6.15. The zero-order chi connectivity index (χ0) is 49.9. The molecule has 4 N–H and O–H groups in total. The highest BCUT2D eigenvalue weighted by atomic mass is 16.7. The molecule has 0 fully saturated rings. The molecule has 68 heavy (non-hydrogen) atoms. The van der Waals surface area contributed by atoms with Gasteiger partial charge in [0, 0.05) is 0 Å². The summed E-state index contributed by atoms with van der Waals surface area (Å²) in [5.41, 5.74) is 3.41. The summed E-state index contributed by atoms with van der Waals surface area (Å²) in [6.45, 7) is 25.2. The largest absolute Gasteiger partial charge is 0.454 e. The van der Waals surface area contributed by atoms with Gasteiger partial charge >= 0.3 is 0 Å². The lowest BCUT2D eigenvalue weighted by Gasteiger charge is -2.22. The van der Waals surface area contributed by atoms with E-state index in [9.17, 15) is 20.4 Å². The highest BCUT2D eigenvalue weighted by Crippen LogP contribution is 2.36. The number of hydrogen-bond acceptors (Lipinski definition) is 12. The molecule has 12 nitrogen and oxygen atoms in total. The molecule has 0 amide bonds. The van der Waals surface area contributed by atoms with Crippen LogP contribution in [-0.4, -0.2) is 72.0 Å². The molecule has 12 heteroatoms. The van der Waals surface area contributed by atoms with Gasteiger partial charge in [0.25, 0.3) is 0 Å². The zero-order valence-corrected chi connectivity index (χ0v) is 41.7. The Balaban J connectivity index is 0.000000169. The molecule has 4 aliphatic rings. The Hall–Kier alpha value is -5.92. The van der Waals surface area contributed by atoms with Gasteiger partial charge in [0.2, 0.25) is 27.2 Å². The van der Waals surface area contributed by atoms with Gasteiger partial charge in [0.05, 0.1) is 24.4 Å². The molecule has 368 valence electrons. The van der Waals surface area contributed by atoms with E-state index < -0.39 is 24.4 Å². The first kappa shape index (κ1) is 53.0. The van der Waals surface area contributed by atoms with Crippen LogP contribution in [0, 0.1) is 21.7 Å². The third-order valence-electron chi connectivity index (χ3n) is 11.0. The third kappa shape index (κ3) is 16.1. The summed E-state index contributed by atoms with van der Waals surface area (Å²) in [4.78, 5) is 0. The number of aliphatic hydroxyl groups excluding tert-OH is 4. The Morgan fingerprint density at radius 1 is 0.309 bits per heavy atom. The summed E-state index contributed by atoms with van der Waals surface area (Å²) in [7, 11) is 0. The van der Waals surface area contributed by atoms with Gasteiger partial charge in [-0.25, -0.2) is 0 Å². The van der Waals surface area contributed by atoms with E-state index in [1.54, 1.807) is 24.3 Å². The van der Waals surface area contributed by atoms with E-state index in [2.05, 4.69) is 0 Å². The summed E-state index contributed by atoms with van der Waals surface area (Å²) in [6, 6.07) is 22.9. The molecule has 0 radical (unpaired) electrons. The molecule has 0 spiro atoms. The molecule has 0 aromatic heterocycles. The van der Waals surface area contributed by atoms with Gasteiger partial charge < -0.3 is 58.3 Å². The van der Waals surface area contributed by atoms with E-state index in [-0.39, 0.29) is 48.8 Å². The van der Waals surface area contributed by atoms with Crippen molar-refractivity contribution in [3.63, 3.8) is 0 Å². The maximum atomic E-state index is 9.90. The number of aliphatic hydroxyl groups is 4. The molecule has 0 bridgehead atoms. The van der Waals surface area contributed by atoms with Crippen molar-refractivity contribution >= 4 is 24.3 Å². The van der Waals surface area contributed by atoms with Crippen LogP contribution in [-0.2, 0) is 0 Å². The lowest BCUT2D eigenvalue weighted by atomic mass is 9.89. The fraction of sp³-hybridized carbons (Fsp3) is 0.429. The zero-order valence-electron chi connectivity index (χ0n) is 41.7. The minimum Gasteiger partial charge on any atom is -0.454 e. The van der Waals surface area contributed by atoms with Crippen molar-refractivity contribution in [2.24, 2.45) is 21.7 Å². The van der Waals surface area contributed by atoms with E-state index in [1.807, 2.05) is 180 Å². The molecule has 4 aromatic rings. The fourth-order valence-corrected chi connectivity index (χ4v) is 6.03. The Morgan fingerprint density at radius 2 is 0.485 bits per heavy atom. The first-order valence-corrected chi connectivity index (χ1v) is 22.9. The van der Waals surface area contributed by atoms with Crippen molar-refractivity contribution in [2.45, 2.75) is 108 Å². The molecule has 0 unspecified atom stereocenters. The standard InChI is InChI=1S/4C14H18O3/c4*1-14(2,3)13(15)7-5-10-4-6-11-12(8-10)17-9-16-11/h4*4-8,13,15H,9H2,1-3H3/b2*7-5+;2*7-5-/t4*13-/m1010/s1. The van der Waals surface area contributed by atoms with Crippen LogP contribution in [0.4, 0.5) is 0 Å². The monoisotopic (exact) mass is 937 g/mol. The average molecular weight is 937 g/mol. The second-order valence-electron chi connectivity index (χ2n) is 21.1. The second-order valence-corrected chi connectivity index (χ2v) is 21.1. The van der Waals surface area contributed by atoms with Gasteiger partial charge in [-0.15, -0.1) is 0 Å². The molecule has 4 heterocycles. The minimum absolute atomic E-state index is 0.146. The number of fused-ring (bicyclic) bond motifs is 4. The van der Waals surface area contributed by atoms with Gasteiger partial charge in [-0.3, -0.25) is 0 Å². The highest BCUT2D eigenvalue weighted by molar-refractivity contribution is 5.59. The Bertz CT molecular complexity index is 2050. The van der Waals surface area contributed by atoms with Crippen LogP contribution in [0.5, 0.6) is 46.0 Å². The number of hydrogen-bond donors (Lipinski definition) is 4. The van der Waals surface area contributed by atoms with Gasteiger partial charge in [-0.05, 0) is 92.4 Å². The summed E-state index contributed by atoms with van der Waals surface area (Å²) < 4.78 is 42.1. The molecule has 8 rings (SSSR count). The Morgan fingerprint density at radius 3 is 0.662 bits per heavy atom. The Kier molecular flexibility index (Phi) is 17.9. The van der Waals surface area contributed by atoms with Gasteiger partial charge in [0.1, 0.15) is 0 Å². The second kappa shape index (κ2) is 22.9. The van der Waals surface area contributed by atoms with Crippen LogP contribution >= 0.6 is 0 Å². The van der Waals surface area contributed by atoms with E-state index in [4.69, 9.17) is 37.9 Å². The van der Waals surface area contributed by atoms with Gasteiger partial charge in [0.15, 0.2) is 46.0 Å². The average Bonchev–Trinajstić information content (AvgIpc) is 4.12. The molecular formula is C56H72O12. The van der Waals surface area contributed by atoms with E-state index in [1.165, 1.54) is 0 Å². The van der Waals surface area contributed by atoms with E-state index in [0.29, 0.717) is 0 Å². The predicted octanol–water partition coefficient (Wildman–Crippen LogP) is 11.3. The number of ether oxygens (including phenoxy) is 8. The van der Waals surface area contributed by atoms with E-state index in [0.717, 1.165) is 68.2 Å². The van der Waals surface area contributed by atoms with Crippen molar-refractivity contribution in [3.8, 4) is 46.0 Å². The molecule has 0 aliphatic carbocycles. The topological polar surface area (TPSA) is 155 Å².